The molecule has 0 spiro atoms. The van der Waals surface area contributed by atoms with Crippen LogP contribution in [0.5, 0.6) is 0 Å². The first-order valence-electron chi connectivity index (χ1n) is 7.25. The number of carbonyl (C=O) groups is 1. The monoisotopic (exact) mass is 330 g/mol. The molecule has 0 aliphatic rings. The molecule has 0 unspecified atom stereocenters. The Morgan fingerprint density at radius 1 is 1.39 bits per heavy atom. The van der Waals surface area contributed by atoms with Crippen molar-refractivity contribution in [1.82, 2.24) is 15.0 Å². The van der Waals surface area contributed by atoms with E-state index < -0.39 is 0 Å². The largest absolute Gasteiger partial charge is 0.356 e. The van der Waals surface area contributed by atoms with E-state index >= 15 is 0 Å². The lowest BCUT2D eigenvalue weighted by Crippen LogP contribution is -2.15. The van der Waals surface area contributed by atoms with Crippen LogP contribution in [0.25, 0.3) is 11.0 Å². The lowest BCUT2D eigenvalue weighted by molar-refractivity contribution is -0.115. The number of aromatic nitrogens is 2. The standard InChI is InChI=1S/C16H18N4O2S/c1-10-4-5-14-12(6-10)13(19-22-14)7-15(21)18-16-17-11(9-23-16)8-20(2)3/h4-6,9H,7-8H2,1-3H3,(H,17,18,21). The summed E-state index contributed by atoms with van der Waals surface area (Å²) in [6.45, 7) is 2.75. The average molecular weight is 330 g/mol. The summed E-state index contributed by atoms with van der Waals surface area (Å²) in [4.78, 5) is 18.6. The summed E-state index contributed by atoms with van der Waals surface area (Å²) in [5.74, 6) is -0.146. The molecule has 6 nitrogen and oxygen atoms in total. The zero-order valence-electron chi connectivity index (χ0n) is 13.3. The predicted octanol–water partition coefficient (Wildman–Crippen LogP) is 2.84. The Bertz CT molecular complexity index is 838. The first-order chi connectivity index (χ1) is 11.0. The molecular weight excluding hydrogens is 312 g/mol. The maximum absolute atomic E-state index is 12.2. The highest BCUT2D eigenvalue weighted by atomic mass is 32.1. The topological polar surface area (TPSA) is 71.3 Å². The number of hydrogen-bond donors (Lipinski definition) is 1. The minimum absolute atomic E-state index is 0.146. The number of thiazole rings is 1. The van der Waals surface area contributed by atoms with Crippen LogP contribution < -0.4 is 5.32 Å². The molecule has 23 heavy (non-hydrogen) atoms. The molecule has 0 fully saturated rings. The van der Waals surface area contributed by atoms with Crippen molar-refractivity contribution in [2.75, 3.05) is 19.4 Å². The van der Waals surface area contributed by atoms with Crippen LogP contribution in [0.2, 0.25) is 0 Å². The average Bonchev–Trinajstić information content (AvgIpc) is 3.06. The Kier molecular flexibility index (Phi) is 4.40. The quantitative estimate of drug-likeness (QED) is 0.779. The smallest absolute Gasteiger partial charge is 0.232 e. The molecule has 0 saturated heterocycles. The summed E-state index contributed by atoms with van der Waals surface area (Å²) in [6.07, 6.45) is 0.166. The third-order valence-electron chi connectivity index (χ3n) is 3.30. The van der Waals surface area contributed by atoms with Gasteiger partial charge in [-0.2, -0.15) is 0 Å². The van der Waals surface area contributed by atoms with Crippen molar-refractivity contribution in [2.24, 2.45) is 0 Å². The number of aryl methyl sites for hydroxylation is 1. The lowest BCUT2D eigenvalue weighted by atomic mass is 10.1. The van der Waals surface area contributed by atoms with E-state index in [9.17, 15) is 4.79 Å². The number of amides is 1. The van der Waals surface area contributed by atoms with Crippen LogP contribution in [0.4, 0.5) is 5.13 Å². The van der Waals surface area contributed by atoms with E-state index in [0.29, 0.717) is 16.4 Å². The number of anilines is 1. The van der Waals surface area contributed by atoms with Crippen molar-refractivity contribution in [3.8, 4) is 0 Å². The highest BCUT2D eigenvalue weighted by Crippen LogP contribution is 2.21. The molecule has 0 bridgehead atoms. The lowest BCUT2D eigenvalue weighted by Gasteiger charge is -2.05. The summed E-state index contributed by atoms with van der Waals surface area (Å²) in [6, 6.07) is 5.81. The molecule has 3 rings (SSSR count). The van der Waals surface area contributed by atoms with Gasteiger partial charge >= 0.3 is 0 Å². The van der Waals surface area contributed by atoms with Gasteiger partial charge < -0.3 is 14.7 Å². The summed E-state index contributed by atoms with van der Waals surface area (Å²) in [7, 11) is 3.96. The van der Waals surface area contributed by atoms with Crippen molar-refractivity contribution < 1.29 is 9.32 Å². The SMILES string of the molecule is Cc1ccc2onc(CC(=O)Nc3nc(CN(C)C)cs3)c2c1. The van der Waals surface area contributed by atoms with E-state index in [1.165, 1.54) is 11.3 Å². The van der Waals surface area contributed by atoms with Crippen LogP contribution in [-0.4, -0.2) is 35.0 Å². The Morgan fingerprint density at radius 2 is 2.22 bits per heavy atom. The molecule has 2 heterocycles. The molecule has 1 N–H and O–H groups in total. The van der Waals surface area contributed by atoms with Gasteiger partial charge in [0.2, 0.25) is 5.91 Å². The number of benzene rings is 1. The highest BCUT2D eigenvalue weighted by molar-refractivity contribution is 7.13. The minimum Gasteiger partial charge on any atom is -0.356 e. The van der Waals surface area contributed by atoms with E-state index in [1.54, 1.807) is 0 Å². The van der Waals surface area contributed by atoms with E-state index in [4.69, 9.17) is 4.52 Å². The van der Waals surface area contributed by atoms with E-state index in [-0.39, 0.29) is 12.3 Å². The van der Waals surface area contributed by atoms with Crippen molar-refractivity contribution in [2.45, 2.75) is 19.9 Å². The maximum Gasteiger partial charge on any atom is 0.232 e. The second-order valence-corrected chi connectivity index (χ2v) is 6.59. The number of hydrogen-bond acceptors (Lipinski definition) is 6. The Labute approximate surface area is 138 Å². The van der Waals surface area contributed by atoms with Crippen LogP contribution in [0.3, 0.4) is 0 Å². The van der Waals surface area contributed by atoms with Gasteiger partial charge in [-0.15, -0.1) is 11.3 Å². The number of fused-ring (bicyclic) bond motifs is 1. The van der Waals surface area contributed by atoms with Crippen LogP contribution in [0, 0.1) is 6.92 Å². The van der Waals surface area contributed by atoms with Crippen LogP contribution in [0.15, 0.2) is 28.1 Å². The van der Waals surface area contributed by atoms with Gasteiger partial charge in [-0.05, 0) is 33.2 Å². The highest BCUT2D eigenvalue weighted by Gasteiger charge is 2.14. The molecule has 0 atom stereocenters. The first kappa shape index (κ1) is 15.6. The Hall–Kier alpha value is -2.25. The molecule has 2 aromatic heterocycles. The van der Waals surface area contributed by atoms with Gasteiger partial charge in [0.15, 0.2) is 10.7 Å². The van der Waals surface area contributed by atoms with Gasteiger partial charge in [0.05, 0.1) is 12.1 Å². The third kappa shape index (κ3) is 3.75. The number of nitrogens with one attached hydrogen (secondary N) is 1. The summed E-state index contributed by atoms with van der Waals surface area (Å²) in [5, 5.41) is 10.3. The number of rotatable bonds is 5. The summed E-state index contributed by atoms with van der Waals surface area (Å²) >= 11 is 1.42. The van der Waals surface area contributed by atoms with Gasteiger partial charge in [0.25, 0.3) is 0 Å². The third-order valence-corrected chi connectivity index (χ3v) is 4.11. The fourth-order valence-corrected chi connectivity index (χ4v) is 3.02. The van der Waals surface area contributed by atoms with Crippen LogP contribution in [0.1, 0.15) is 17.0 Å². The van der Waals surface area contributed by atoms with Crippen molar-refractivity contribution in [1.29, 1.82) is 0 Å². The molecular formula is C16H18N4O2S. The minimum atomic E-state index is -0.146. The first-order valence-corrected chi connectivity index (χ1v) is 8.13. The molecule has 0 aliphatic heterocycles. The van der Waals surface area contributed by atoms with Gasteiger partial charge in [-0.3, -0.25) is 4.79 Å². The molecule has 7 heteroatoms. The Morgan fingerprint density at radius 3 is 3.00 bits per heavy atom. The van der Waals surface area contributed by atoms with Crippen molar-refractivity contribution in [3.05, 3.63) is 40.5 Å². The van der Waals surface area contributed by atoms with Crippen molar-refractivity contribution in [3.63, 3.8) is 0 Å². The molecule has 1 aromatic carbocycles. The van der Waals surface area contributed by atoms with E-state index in [1.807, 2.05) is 49.5 Å². The van der Waals surface area contributed by atoms with E-state index in [2.05, 4.69) is 15.5 Å². The molecule has 1 amide bonds. The molecule has 0 radical (unpaired) electrons. The normalized spacial score (nSPS) is 11.3. The molecule has 0 saturated carbocycles. The molecule has 120 valence electrons. The molecule has 0 aliphatic carbocycles. The summed E-state index contributed by atoms with van der Waals surface area (Å²) < 4.78 is 5.25. The van der Waals surface area contributed by atoms with Gasteiger partial charge in [0, 0.05) is 17.3 Å². The Balaban J connectivity index is 1.69. The van der Waals surface area contributed by atoms with Gasteiger partial charge in [-0.1, -0.05) is 16.8 Å². The van der Waals surface area contributed by atoms with Crippen molar-refractivity contribution >= 4 is 33.3 Å². The fraction of sp³-hybridized carbons (Fsp3) is 0.312. The summed E-state index contributed by atoms with van der Waals surface area (Å²) in [5.41, 5.74) is 3.39. The van der Waals surface area contributed by atoms with Crippen LogP contribution >= 0.6 is 11.3 Å². The van der Waals surface area contributed by atoms with Gasteiger partial charge in [0.1, 0.15) is 5.69 Å². The van der Waals surface area contributed by atoms with Crippen LogP contribution in [-0.2, 0) is 17.8 Å². The predicted molar refractivity (Wildman–Crippen MR) is 90.6 cm³/mol. The number of nitrogens with zero attached hydrogens (tertiary/aromatic N) is 3. The molecule has 3 aromatic rings. The zero-order chi connectivity index (χ0) is 16.4. The second-order valence-electron chi connectivity index (χ2n) is 5.74. The number of carbonyl (C=O) groups excluding carboxylic acids is 1. The zero-order valence-corrected chi connectivity index (χ0v) is 14.1. The fourth-order valence-electron chi connectivity index (χ4n) is 2.31. The van der Waals surface area contributed by atoms with Gasteiger partial charge in [-0.25, -0.2) is 4.98 Å². The second kappa shape index (κ2) is 6.47. The van der Waals surface area contributed by atoms with E-state index in [0.717, 1.165) is 23.2 Å². The maximum atomic E-state index is 12.2.